The average Bonchev–Trinajstić information content (AvgIpc) is 2.23. The summed E-state index contributed by atoms with van der Waals surface area (Å²) in [5, 5.41) is 10.1. The maximum absolute atomic E-state index is 13.4. The summed E-state index contributed by atoms with van der Waals surface area (Å²) in [7, 11) is 0. The average molecular weight is 229 g/mol. The van der Waals surface area contributed by atoms with Crippen molar-refractivity contribution in [2.75, 3.05) is 6.54 Å². The van der Waals surface area contributed by atoms with Crippen LogP contribution in [0.25, 0.3) is 0 Å². The first-order valence-corrected chi connectivity index (χ1v) is 5.37. The summed E-state index contributed by atoms with van der Waals surface area (Å²) in [4.78, 5) is 0. The highest BCUT2D eigenvalue weighted by Crippen LogP contribution is 2.20. The molecule has 16 heavy (non-hydrogen) atoms. The SMILES string of the molecule is CCCC(O)(CN)Cc1ccc(F)cc1F. The molecule has 0 radical (unpaired) electrons. The van der Waals surface area contributed by atoms with Crippen LogP contribution in [0.15, 0.2) is 18.2 Å². The molecule has 0 bridgehead atoms. The molecule has 1 atom stereocenters. The number of hydrogen-bond acceptors (Lipinski definition) is 2. The minimum atomic E-state index is -1.10. The molecule has 1 unspecified atom stereocenters. The predicted molar refractivity (Wildman–Crippen MR) is 59.0 cm³/mol. The van der Waals surface area contributed by atoms with Crippen molar-refractivity contribution in [2.45, 2.75) is 31.8 Å². The van der Waals surface area contributed by atoms with E-state index < -0.39 is 17.2 Å². The van der Waals surface area contributed by atoms with Gasteiger partial charge in [0.1, 0.15) is 11.6 Å². The first kappa shape index (κ1) is 13.1. The maximum atomic E-state index is 13.4. The van der Waals surface area contributed by atoms with Crippen LogP contribution in [0.1, 0.15) is 25.3 Å². The number of rotatable bonds is 5. The molecule has 0 aliphatic carbocycles. The summed E-state index contributed by atoms with van der Waals surface area (Å²) in [6.45, 7) is 1.99. The Bertz CT molecular complexity index is 357. The third-order valence-electron chi connectivity index (χ3n) is 2.63. The molecule has 2 nitrogen and oxygen atoms in total. The van der Waals surface area contributed by atoms with Crippen molar-refractivity contribution in [1.82, 2.24) is 0 Å². The lowest BCUT2D eigenvalue weighted by Gasteiger charge is -2.26. The molecule has 0 heterocycles. The molecule has 0 fully saturated rings. The Morgan fingerprint density at radius 1 is 1.38 bits per heavy atom. The molecule has 0 spiro atoms. The van der Waals surface area contributed by atoms with Gasteiger partial charge in [-0.25, -0.2) is 8.78 Å². The van der Waals surface area contributed by atoms with Crippen molar-refractivity contribution in [2.24, 2.45) is 5.73 Å². The van der Waals surface area contributed by atoms with Gasteiger partial charge in [0, 0.05) is 19.0 Å². The Kier molecular flexibility index (Phi) is 4.38. The molecular weight excluding hydrogens is 212 g/mol. The number of aliphatic hydroxyl groups is 1. The highest BCUT2D eigenvalue weighted by Gasteiger charge is 2.25. The van der Waals surface area contributed by atoms with Gasteiger partial charge in [-0.2, -0.15) is 0 Å². The number of benzene rings is 1. The topological polar surface area (TPSA) is 46.2 Å². The fourth-order valence-electron chi connectivity index (χ4n) is 1.75. The molecule has 1 aromatic carbocycles. The third-order valence-corrected chi connectivity index (χ3v) is 2.63. The van der Waals surface area contributed by atoms with E-state index in [-0.39, 0.29) is 13.0 Å². The summed E-state index contributed by atoms with van der Waals surface area (Å²) in [6.07, 6.45) is 1.38. The zero-order valence-corrected chi connectivity index (χ0v) is 9.34. The molecule has 1 rings (SSSR count). The minimum Gasteiger partial charge on any atom is -0.388 e. The van der Waals surface area contributed by atoms with Crippen LogP contribution < -0.4 is 5.73 Å². The van der Waals surface area contributed by atoms with Gasteiger partial charge in [0.25, 0.3) is 0 Å². The van der Waals surface area contributed by atoms with Gasteiger partial charge < -0.3 is 10.8 Å². The molecule has 3 N–H and O–H groups in total. The van der Waals surface area contributed by atoms with Crippen LogP contribution in [0.4, 0.5) is 8.78 Å². The van der Waals surface area contributed by atoms with E-state index in [1.165, 1.54) is 12.1 Å². The smallest absolute Gasteiger partial charge is 0.129 e. The molecule has 0 saturated carbocycles. The second-order valence-electron chi connectivity index (χ2n) is 4.09. The Hall–Kier alpha value is -1.00. The second-order valence-corrected chi connectivity index (χ2v) is 4.09. The van der Waals surface area contributed by atoms with Gasteiger partial charge in [-0.15, -0.1) is 0 Å². The van der Waals surface area contributed by atoms with Crippen molar-refractivity contribution < 1.29 is 13.9 Å². The quantitative estimate of drug-likeness (QED) is 0.811. The summed E-state index contributed by atoms with van der Waals surface area (Å²) in [6, 6.07) is 3.35. The fourth-order valence-corrected chi connectivity index (χ4v) is 1.75. The molecule has 90 valence electrons. The summed E-state index contributed by atoms with van der Waals surface area (Å²) < 4.78 is 26.0. The Morgan fingerprint density at radius 2 is 2.06 bits per heavy atom. The second kappa shape index (κ2) is 5.37. The molecular formula is C12H17F2NO. The zero-order chi connectivity index (χ0) is 12.2. The highest BCUT2D eigenvalue weighted by atomic mass is 19.1. The fraction of sp³-hybridized carbons (Fsp3) is 0.500. The van der Waals surface area contributed by atoms with E-state index >= 15 is 0 Å². The summed E-state index contributed by atoms with van der Waals surface area (Å²) >= 11 is 0. The van der Waals surface area contributed by atoms with E-state index in [1.807, 2.05) is 6.92 Å². The van der Waals surface area contributed by atoms with Crippen LogP contribution in [0.5, 0.6) is 0 Å². The van der Waals surface area contributed by atoms with Crippen LogP contribution in [0, 0.1) is 11.6 Å². The Morgan fingerprint density at radius 3 is 2.56 bits per heavy atom. The van der Waals surface area contributed by atoms with E-state index in [2.05, 4.69) is 0 Å². The lowest BCUT2D eigenvalue weighted by molar-refractivity contribution is 0.0390. The lowest BCUT2D eigenvalue weighted by atomic mass is 9.90. The zero-order valence-electron chi connectivity index (χ0n) is 9.34. The van der Waals surface area contributed by atoms with E-state index in [1.54, 1.807) is 0 Å². The number of nitrogens with two attached hydrogens (primary N) is 1. The maximum Gasteiger partial charge on any atom is 0.129 e. The van der Waals surface area contributed by atoms with Crippen LogP contribution in [0.2, 0.25) is 0 Å². The van der Waals surface area contributed by atoms with Gasteiger partial charge in [-0.1, -0.05) is 19.4 Å². The van der Waals surface area contributed by atoms with Crippen molar-refractivity contribution in [1.29, 1.82) is 0 Å². The largest absolute Gasteiger partial charge is 0.388 e. The van der Waals surface area contributed by atoms with Gasteiger partial charge in [-0.05, 0) is 18.1 Å². The van der Waals surface area contributed by atoms with Crippen molar-refractivity contribution in [3.05, 3.63) is 35.4 Å². The molecule has 0 aliphatic rings. The van der Waals surface area contributed by atoms with Gasteiger partial charge in [0.2, 0.25) is 0 Å². The standard InChI is InChI=1S/C12H17F2NO/c1-2-5-12(16,8-15)7-9-3-4-10(13)6-11(9)14/h3-4,6,16H,2,5,7-8,15H2,1H3. The predicted octanol–water partition coefficient (Wildman–Crippen LogP) is 2.00. The molecule has 0 amide bonds. The first-order valence-electron chi connectivity index (χ1n) is 5.37. The van der Waals surface area contributed by atoms with Crippen LogP contribution in [-0.4, -0.2) is 17.3 Å². The summed E-state index contributed by atoms with van der Waals surface area (Å²) in [5.74, 6) is -1.25. The lowest BCUT2D eigenvalue weighted by Crippen LogP contribution is -2.40. The van der Waals surface area contributed by atoms with Crippen LogP contribution >= 0.6 is 0 Å². The van der Waals surface area contributed by atoms with Crippen molar-refractivity contribution >= 4 is 0 Å². The van der Waals surface area contributed by atoms with Crippen LogP contribution in [0.3, 0.4) is 0 Å². The first-order chi connectivity index (χ1) is 7.50. The number of hydrogen-bond donors (Lipinski definition) is 2. The van der Waals surface area contributed by atoms with E-state index in [0.29, 0.717) is 12.0 Å². The Balaban J connectivity index is 2.85. The van der Waals surface area contributed by atoms with Gasteiger partial charge in [0.05, 0.1) is 5.60 Å². The monoisotopic (exact) mass is 229 g/mol. The van der Waals surface area contributed by atoms with Gasteiger partial charge in [-0.3, -0.25) is 0 Å². The summed E-state index contributed by atoms with van der Waals surface area (Å²) in [5.41, 5.74) is 4.66. The van der Waals surface area contributed by atoms with Crippen LogP contribution in [-0.2, 0) is 6.42 Å². The Labute approximate surface area is 94.1 Å². The molecule has 0 aromatic heterocycles. The normalized spacial score (nSPS) is 14.8. The third kappa shape index (κ3) is 3.25. The molecule has 0 aliphatic heterocycles. The van der Waals surface area contributed by atoms with Crippen molar-refractivity contribution in [3.63, 3.8) is 0 Å². The van der Waals surface area contributed by atoms with Crippen molar-refractivity contribution in [3.8, 4) is 0 Å². The van der Waals surface area contributed by atoms with E-state index in [0.717, 1.165) is 12.5 Å². The van der Waals surface area contributed by atoms with E-state index in [9.17, 15) is 13.9 Å². The molecule has 1 aromatic rings. The minimum absolute atomic E-state index is 0.0671. The molecule has 4 heteroatoms. The van der Waals surface area contributed by atoms with E-state index in [4.69, 9.17) is 5.73 Å². The van der Waals surface area contributed by atoms with Gasteiger partial charge >= 0.3 is 0 Å². The van der Waals surface area contributed by atoms with Gasteiger partial charge in [0.15, 0.2) is 0 Å². The number of halogens is 2. The highest BCUT2D eigenvalue weighted by molar-refractivity contribution is 5.20. The molecule has 0 saturated heterocycles.